The van der Waals surface area contributed by atoms with Crippen molar-refractivity contribution < 1.29 is 10.2 Å². The van der Waals surface area contributed by atoms with E-state index in [-0.39, 0.29) is 23.0 Å². The summed E-state index contributed by atoms with van der Waals surface area (Å²) in [6.07, 6.45) is 7.84. The quantitative estimate of drug-likeness (QED) is 0.645. The third kappa shape index (κ3) is 1.96. The fourth-order valence-corrected chi connectivity index (χ4v) is 7.70. The van der Waals surface area contributed by atoms with Gasteiger partial charge in [-0.2, -0.15) is 0 Å². The van der Waals surface area contributed by atoms with Crippen LogP contribution < -0.4 is 0 Å². The van der Waals surface area contributed by atoms with Crippen molar-refractivity contribution in [3.63, 3.8) is 0 Å². The highest BCUT2D eigenvalue weighted by molar-refractivity contribution is 5.30. The lowest BCUT2D eigenvalue weighted by Crippen LogP contribution is -2.57. The van der Waals surface area contributed by atoms with Gasteiger partial charge in [-0.3, -0.25) is 0 Å². The molecule has 0 radical (unpaired) electrons. The maximum Gasteiger partial charge on any atom is 0.0605 e. The lowest BCUT2D eigenvalue weighted by Gasteiger charge is -2.62. The van der Waals surface area contributed by atoms with Crippen LogP contribution in [0.1, 0.15) is 66.7 Å². The van der Waals surface area contributed by atoms with E-state index in [1.54, 1.807) is 5.57 Å². The van der Waals surface area contributed by atoms with Crippen molar-refractivity contribution >= 4 is 0 Å². The van der Waals surface area contributed by atoms with E-state index in [2.05, 4.69) is 40.7 Å². The Morgan fingerprint density at radius 1 is 1.00 bits per heavy atom. The average Bonchev–Trinajstić information content (AvgIpc) is 2.83. The maximum atomic E-state index is 10.6. The molecule has 4 rings (SSSR count). The molecule has 0 unspecified atom stereocenters. The molecule has 24 heavy (non-hydrogen) atoms. The van der Waals surface area contributed by atoms with Crippen LogP contribution in [0.15, 0.2) is 11.6 Å². The Kier molecular flexibility index (Phi) is 3.80. The lowest BCUT2D eigenvalue weighted by atomic mass is 9.43. The predicted molar refractivity (Wildman–Crippen MR) is 97.4 cm³/mol. The van der Waals surface area contributed by atoms with Gasteiger partial charge in [0.1, 0.15) is 0 Å². The number of rotatable bonds is 0. The molecular weight excluding hydrogens is 296 g/mol. The van der Waals surface area contributed by atoms with Gasteiger partial charge in [-0.25, -0.2) is 0 Å². The number of aliphatic hydroxyl groups excluding tert-OH is 2. The van der Waals surface area contributed by atoms with Crippen LogP contribution in [0.3, 0.4) is 0 Å². The van der Waals surface area contributed by atoms with Crippen LogP contribution in [0.5, 0.6) is 0 Å². The standard InChI is InChI=1S/C22H36O2/c1-12-10-17-14(3)18(23)11-13(2)22(17,5)16-8-9-21(4)15(20(12)16)6-7-19(21)24/h10,12-16,18-20,23-24H,6-9,11H2,1-5H3/t12-,13-,14+,15+,16+,18+,19+,20+,21+,22-/m1/s1. The number of aliphatic hydroxyl groups is 2. The van der Waals surface area contributed by atoms with Gasteiger partial charge in [0, 0.05) is 5.92 Å². The summed E-state index contributed by atoms with van der Waals surface area (Å²) in [5, 5.41) is 21.2. The van der Waals surface area contributed by atoms with E-state index in [1.165, 1.54) is 19.3 Å². The first kappa shape index (κ1) is 17.1. The summed E-state index contributed by atoms with van der Waals surface area (Å²) in [5.41, 5.74) is 1.93. The number of hydrogen-bond acceptors (Lipinski definition) is 2. The monoisotopic (exact) mass is 332 g/mol. The molecule has 3 saturated carbocycles. The third-order valence-electron chi connectivity index (χ3n) is 9.41. The van der Waals surface area contributed by atoms with Crippen molar-refractivity contribution in [1.82, 2.24) is 0 Å². The molecule has 2 nitrogen and oxygen atoms in total. The maximum absolute atomic E-state index is 10.6. The molecule has 2 heteroatoms. The highest BCUT2D eigenvalue weighted by atomic mass is 16.3. The first-order valence-electron chi connectivity index (χ1n) is 10.3. The highest BCUT2D eigenvalue weighted by Crippen LogP contribution is 2.67. The second kappa shape index (κ2) is 5.33. The molecule has 0 spiro atoms. The minimum atomic E-state index is -0.176. The van der Waals surface area contributed by atoms with Crippen molar-refractivity contribution in [3.05, 3.63) is 11.6 Å². The molecule has 0 aromatic carbocycles. The Balaban J connectivity index is 1.79. The topological polar surface area (TPSA) is 40.5 Å². The first-order valence-corrected chi connectivity index (χ1v) is 10.3. The summed E-state index contributed by atoms with van der Waals surface area (Å²) < 4.78 is 0. The summed E-state index contributed by atoms with van der Waals surface area (Å²) in [5.74, 6) is 3.53. The fraction of sp³-hybridized carbons (Fsp3) is 0.909. The van der Waals surface area contributed by atoms with Gasteiger partial charge in [0.2, 0.25) is 0 Å². The molecule has 2 N–H and O–H groups in total. The second-order valence-electron chi connectivity index (χ2n) is 10.2. The lowest BCUT2D eigenvalue weighted by molar-refractivity contribution is -0.105. The van der Waals surface area contributed by atoms with Gasteiger partial charge in [0.05, 0.1) is 12.2 Å². The molecule has 0 aromatic heterocycles. The molecule has 0 aromatic rings. The Morgan fingerprint density at radius 3 is 2.42 bits per heavy atom. The predicted octanol–water partition coefficient (Wildman–Crippen LogP) is 4.41. The van der Waals surface area contributed by atoms with E-state index < -0.39 is 0 Å². The molecular formula is C22H36O2. The van der Waals surface area contributed by atoms with Gasteiger partial charge in [0.25, 0.3) is 0 Å². The zero-order valence-electron chi connectivity index (χ0n) is 16.1. The van der Waals surface area contributed by atoms with Crippen LogP contribution >= 0.6 is 0 Å². The van der Waals surface area contributed by atoms with Crippen LogP contribution in [0.4, 0.5) is 0 Å². The molecule has 0 bridgehead atoms. The second-order valence-corrected chi connectivity index (χ2v) is 10.2. The molecule has 10 atom stereocenters. The average molecular weight is 333 g/mol. The van der Waals surface area contributed by atoms with Gasteiger partial charge in [-0.1, -0.05) is 46.3 Å². The summed E-state index contributed by atoms with van der Waals surface area (Å²) in [7, 11) is 0. The molecule has 136 valence electrons. The third-order valence-corrected chi connectivity index (χ3v) is 9.41. The van der Waals surface area contributed by atoms with E-state index in [0.29, 0.717) is 29.6 Å². The smallest absolute Gasteiger partial charge is 0.0605 e. The zero-order valence-corrected chi connectivity index (χ0v) is 16.1. The first-order chi connectivity index (χ1) is 11.2. The van der Waals surface area contributed by atoms with E-state index >= 15 is 0 Å². The van der Waals surface area contributed by atoms with Crippen molar-refractivity contribution in [3.8, 4) is 0 Å². The number of allylic oxidation sites excluding steroid dienone is 1. The van der Waals surface area contributed by atoms with Crippen LogP contribution in [-0.4, -0.2) is 22.4 Å². The van der Waals surface area contributed by atoms with E-state index in [0.717, 1.165) is 18.8 Å². The summed E-state index contributed by atoms with van der Waals surface area (Å²) in [6.45, 7) is 11.9. The van der Waals surface area contributed by atoms with Crippen molar-refractivity contribution in [1.29, 1.82) is 0 Å². The molecule has 4 aliphatic carbocycles. The minimum Gasteiger partial charge on any atom is -0.393 e. The Hall–Kier alpha value is -0.340. The minimum absolute atomic E-state index is 0.0987. The van der Waals surface area contributed by atoms with Crippen molar-refractivity contribution in [2.24, 2.45) is 46.3 Å². The van der Waals surface area contributed by atoms with E-state index in [9.17, 15) is 10.2 Å². The highest BCUT2D eigenvalue weighted by Gasteiger charge is 2.62. The van der Waals surface area contributed by atoms with Gasteiger partial charge >= 0.3 is 0 Å². The number of hydrogen-bond donors (Lipinski definition) is 2. The van der Waals surface area contributed by atoms with Crippen molar-refractivity contribution in [2.75, 3.05) is 0 Å². The molecule has 4 aliphatic rings. The zero-order chi connectivity index (χ0) is 17.4. The molecule has 0 amide bonds. The Labute approximate surface area is 147 Å². The van der Waals surface area contributed by atoms with Crippen LogP contribution in [-0.2, 0) is 0 Å². The van der Waals surface area contributed by atoms with Gasteiger partial charge in [-0.05, 0) is 72.5 Å². The number of fused-ring (bicyclic) bond motifs is 5. The van der Waals surface area contributed by atoms with Crippen LogP contribution in [0, 0.1) is 46.3 Å². The summed E-state index contributed by atoms with van der Waals surface area (Å²) in [6, 6.07) is 0. The Bertz CT molecular complexity index is 554. The molecule has 0 saturated heterocycles. The van der Waals surface area contributed by atoms with E-state index in [4.69, 9.17) is 0 Å². The van der Waals surface area contributed by atoms with Gasteiger partial charge in [0.15, 0.2) is 0 Å². The molecule has 0 heterocycles. The van der Waals surface area contributed by atoms with E-state index in [1.807, 2.05) is 0 Å². The normalized spacial score (nSPS) is 60.0. The summed E-state index contributed by atoms with van der Waals surface area (Å²) in [4.78, 5) is 0. The molecule has 0 aliphatic heterocycles. The fourth-order valence-electron chi connectivity index (χ4n) is 7.70. The van der Waals surface area contributed by atoms with Crippen molar-refractivity contribution in [2.45, 2.75) is 78.9 Å². The molecule has 3 fully saturated rings. The van der Waals surface area contributed by atoms with Crippen LogP contribution in [0.2, 0.25) is 0 Å². The SMILES string of the molecule is C[C@@H]1C=C2[C@H](C)[C@@H](O)C[C@@H](C)[C@]2(C)[C@H]2CC[C@]3(C)[C@@H](O)CC[C@H]3[C@H]12. The van der Waals surface area contributed by atoms with Gasteiger partial charge in [-0.15, -0.1) is 0 Å². The summed E-state index contributed by atoms with van der Waals surface area (Å²) >= 11 is 0. The van der Waals surface area contributed by atoms with Gasteiger partial charge < -0.3 is 10.2 Å². The van der Waals surface area contributed by atoms with Crippen LogP contribution in [0.25, 0.3) is 0 Å². The Morgan fingerprint density at radius 2 is 1.71 bits per heavy atom. The largest absolute Gasteiger partial charge is 0.393 e.